The Balaban J connectivity index is 1.19. The molecule has 0 amide bonds. The Morgan fingerprint density at radius 1 is 0.375 bits per heavy atom. The molecule has 0 spiro atoms. The molecule has 12 rings (SSSR count). The fraction of sp³-hybridized carbons (Fsp3) is 0. The highest BCUT2D eigenvalue weighted by Crippen LogP contribution is 2.48. The lowest BCUT2D eigenvalue weighted by atomic mass is 9.95. The second kappa shape index (κ2) is 12.2. The van der Waals surface area contributed by atoms with E-state index in [4.69, 9.17) is 9.97 Å². The van der Waals surface area contributed by atoms with Gasteiger partial charge in [0.15, 0.2) is 0 Å². The van der Waals surface area contributed by atoms with Crippen molar-refractivity contribution in [3.8, 4) is 39.5 Å². The highest BCUT2D eigenvalue weighted by Gasteiger charge is 2.23. The lowest BCUT2D eigenvalue weighted by Crippen LogP contribution is -2.03. The van der Waals surface area contributed by atoms with Crippen molar-refractivity contribution in [2.45, 2.75) is 0 Å². The molecule has 0 saturated heterocycles. The van der Waals surface area contributed by atoms with Gasteiger partial charge in [0.05, 0.1) is 22.2 Å². The Kier molecular flexibility index (Phi) is 6.80. The molecule has 0 unspecified atom stereocenters. The summed E-state index contributed by atoms with van der Waals surface area (Å²) in [4.78, 5) is 11.0. The topological polar surface area (TPSA) is 30.7 Å². The molecule has 0 bridgehead atoms. The molecule has 0 N–H and O–H groups in total. The zero-order valence-electron chi connectivity index (χ0n) is 30.1. The lowest BCUT2D eigenvalue weighted by Gasteiger charge is -2.14. The van der Waals surface area contributed by atoms with Crippen molar-refractivity contribution in [1.82, 2.24) is 14.5 Å². The Hall–Kier alpha value is -7.14. The summed E-state index contributed by atoms with van der Waals surface area (Å²) in [5.41, 5.74) is 9.93. The second-order valence-corrected chi connectivity index (χ2v) is 15.5. The molecule has 4 heteroatoms. The maximum absolute atomic E-state index is 5.63. The van der Waals surface area contributed by atoms with Gasteiger partial charge >= 0.3 is 0 Å². The van der Waals surface area contributed by atoms with Crippen molar-refractivity contribution in [3.63, 3.8) is 0 Å². The molecule has 0 atom stereocenters. The molecule has 0 fully saturated rings. The first-order valence-corrected chi connectivity index (χ1v) is 19.8. The lowest BCUT2D eigenvalue weighted by molar-refractivity contribution is 1.01. The van der Waals surface area contributed by atoms with Gasteiger partial charge in [0.2, 0.25) is 5.95 Å². The average molecular weight is 730 g/mol. The fourth-order valence-corrected chi connectivity index (χ4v) is 10.2. The van der Waals surface area contributed by atoms with Crippen LogP contribution in [0.4, 0.5) is 0 Å². The van der Waals surface area contributed by atoms with Crippen molar-refractivity contribution in [1.29, 1.82) is 0 Å². The van der Waals surface area contributed by atoms with Crippen LogP contribution in [0.2, 0.25) is 0 Å². The minimum absolute atomic E-state index is 0.659. The van der Waals surface area contributed by atoms with Gasteiger partial charge in [-0.2, -0.15) is 0 Å². The van der Waals surface area contributed by atoms with Crippen LogP contribution < -0.4 is 0 Å². The van der Waals surface area contributed by atoms with Crippen LogP contribution in [0.5, 0.6) is 0 Å². The van der Waals surface area contributed by atoms with Crippen LogP contribution in [0.25, 0.3) is 114 Å². The molecule has 0 aliphatic carbocycles. The smallest absolute Gasteiger partial charge is 0.235 e. The van der Waals surface area contributed by atoms with Gasteiger partial charge in [-0.1, -0.05) is 164 Å². The Bertz CT molecular complexity index is 3530. The molecule has 56 heavy (non-hydrogen) atoms. The quantitative estimate of drug-likeness (QED) is 0.181. The van der Waals surface area contributed by atoms with Gasteiger partial charge in [0.25, 0.3) is 0 Å². The first-order valence-electron chi connectivity index (χ1n) is 19.0. The molecule has 3 nitrogen and oxygen atoms in total. The summed E-state index contributed by atoms with van der Waals surface area (Å²) in [5, 5.41) is 10.8. The third-order valence-corrected chi connectivity index (χ3v) is 12.7. The van der Waals surface area contributed by atoms with Gasteiger partial charge in [-0.3, -0.25) is 4.57 Å². The number of benzene rings is 9. The minimum Gasteiger partial charge on any atom is -0.278 e. The van der Waals surface area contributed by atoms with Crippen LogP contribution in [-0.2, 0) is 0 Å². The number of rotatable bonds is 4. The van der Waals surface area contributed by atoms with Gasteiger partial charge in [0.1, 0.15) is 0 Å². The molecule has 9 aromatic carbocycles. The van der Waals surface area contributed by atoms with E-state index in [-0.39, 0.29) is 0 Å². The molecule has 0 radical (unpaired) electrons. The SMILES string of the molecule is c1ccc(-c2ccc3c(c2)c2c4ccccc4ccc2n3-c2nc(-c3ccc(-c4ccccc4)c4sc5c6ccccc6ccc5c34)c3ccccc3n2)cc1. The second-order valence-electron chi connectivity index (χ2n) is 14.5. The van der Waals surface area contributed by atoms with Gasteiger partial charge in [0, 0.05) is 41.9 Å². The molecule has 3 aromatic heterocycles. The van der Waals surface area contributed by atoms with Gasteiger partial charge in [-0.15, -0.1) is 11.3 Å². The number of nitrogens with zero attached hydrogens (tertiary/aromatic N) is 3. The monoisotopic (exact) mass is 729 g/mol. The summed E-state index contributed by atoms with van der Waals surface area (Å²) >= 11 is 1.88. The highest BCUT2D eigenvalue weighted by molar-refractivity contribution is 7.27. The van der Waals surface area contributed by atoms with E-state index in [2.05, 4.69) is 193 Å². The Morgan fingerprint density at radius 2 is 1.02 bits per heavy atom. The van der Waals surface area contributed by atoms with Gasteiger partial charge < -0.3 is 0 Å². The number of fused-ring (bicyclic) bond motifs is 11. The minimum atomic E-state index is 0.659. The van der Waals surface area contributed by atoms with Crippen LogP contribution in [-0.4, -0.2) is 14.5 Å². The standard InChI is InChI=1S/C52H31N3S/c1-3-13-32(14-4-1)36-25-29-45-43(31-36)47-37-19-9-7-17-34(37)24-30-46(47)55(45)52-53-44-22-12-11-21-40(44)49(54-52)41-28-27-39(33-15-5-2-6-16-33)51-48(41)42-26-23-35-18-8-10-20-38(35)50(42)56-51/h1-31H. The number of aromatic nitrogens is 3. The van der Waals surface area contributed by atoms with Crippen molar-refractivity contribution in [2.75, 3.05) is 0 Å². The van der Waals surface area contributed by atoms with Crippen LogP contribution in [0, 0.1) is 0 Å². The molecule has 0 aliphatic rings. The zero-order chi connectivity index (χ0) is 36.7. The predicted octanol–water partition coefficient (Wildman–Crippen LogP) is 14.4. The third kappa shape index (κ3) is 4.63. The van der Waals surface area contributed by atoms with E-state index in [0.29, 0.717) is 5.95 Å². The number of thiophene rings is 1. The molecule has 3 heterocycles. The van der Waals surface area contributed by atoms with E-state index in [9.17, 15) is 0 Å². The highest BCUT2D eigenvalue weighted by atomic mass is 32.1. The van der Waals surface area contributed by atoms with E-state index in [0.717, 1.165) is 33.2 Å². The zero-order valence-corrected chi connectivity index (χ0v) is 31.0. The maximum atomic E-state index is 5.63. The van der Waals surface area contributed by atoms with Gasteiger partial charge in [-0.25, -0.2) is 9.97 Å². The summed E-state index contributed by atoms with van der Waals surface area (Å²) in [7, 11) is 0. The summed E-state index contributed by atoms with van der Waals surface area (Å²) in [5.74, 6) is 0.659. The molecule has 0 saturated carbocycles. The summed E-state index contributed by atoms with van der Waals surface area (Å²) in [6, 6.07) is 67.7. The fourth-order valence-electron chi connectivity index (χ4n) is 8.84. The van der Waals surface area contributed by atoms with E-state index in [1.54, 1.807) is 0 Å². The van der Waals surface area contributed by atoms with Crippen molar-refractivity contribution in [2.24, 2.45) is 0 Å². The van der Waals surface area contributed by atoms with E-state index < -0.39 is 0 Å². The molecule has 260 valence electrons. The summed E-state index contributed by atoms with van der Waals surface area (Å²) < 4.78 is 4.84. The Labute approximate surface area is 326 Å². The summed E-state index contributed by atoms with van der Waals surface area (Å²) in [6.45, 7) is 0. The molecule has 12 aromatic rings. The van der Waals surface area contributed by atoms with Crippen molar-refractivity contribution < 1.29 is 0 Å². The van der Waals surface area contributed by atoms with Crippen LogP contribution in [0.3, 0.4) is 0 Å². The molecular weight excluding hydrogens is 699 g/mol. The first-order chi connectivity index (χ1) is 27.8. The predicted molar refractivity (Wildman–Crippen MR) is 238 cm³/mol. The largest absolute Gasteiger partial charge is 0.278 e. The van der Waals surface area contributed by atoms with Crippen molar-refractivity contribution in [3.05, 3.63) is 188 Å². The van der Waals surface area contributed by atoms with Crippen LogP contribution in [0.15, 0.2) is 188 Å². The van der Waals surface area contributed by atoms with Gasteiger partial charge in [-0.05, 0) is 68.1 Å². The van der Waals surface area contributed by atoms with E-state index in [1.807, 2.05) is 11.3 Å². The normalized spacial score (nSPS) is 11.9. The van der Waals surface area contributed by atoms with E-state index >= 15 is 0 Å². The number of hydrogen-bond acceptors (Lipinski definition) is 3. The van der Waals surface area contributed by atoms with Crippen molar-refractivity contribution >= 4 is 85.8 Å². The van der Waals surface area contributed by atoms with Crippen LogP contribution >= 0.6 is 11.3 Å². The first kappa shape index (κ1) is 31.2. The number of para-hydroxylation sites is 1. The Morgan fingerprint density at radius 3 is 1.84 bits per heavy atom. The van der Waals surface area contributed by atoms with Crippen LogP contribution in [0.1, 0.15) is 0 Å². The number of hydrogen-bond donors (Lipinski definition) is 0. The molecule has 0 aliphatic heterocycles. The third-order valence-electron chi connectivity index (χ3n) is 11.4. The molecular formula is C52H31N3S. The van der Waals surface area contributed by atoms with E-state index in [1.165, 1.54) is 74.7 Å². The average Bonchev–Trinajstić information content (AvgIpc) is 3.83. The summed E-state index contributed by atoms with van der Waals surface area (Å²) in [6.07, 6.45) is 0. The maximum Gasteiger partial charge on any atom is 0.235 e.